The van der Waals surface area contributed by atoms with Gasteiger partial charge >= 0.3 is 0 Å². The molecule has 3 atom stereocenters. The van der Waals surface area contributed by atoms with Crippen molar-refractivity contribution in [3.8, 4) is 0 Å². The molecule has 1 heterocycles. The zero-order chi connectivity index (χ0) is 10.4. The average molecular weight is 199 g/mol. The lowest BCUT2D eigenvalue weighted by Crippen LogP contribution is -2.37. The average Bonchev–Trinajstić information content (AvgIpc) is 2.67. The van der Waals surface area contributed by atoms with Gasteiger partial charge in [-0.3, -0.25) is 0 Å². The molecule has 1 aliphatic heterocycles. The Balaban J connectivity index is 2.29. The Kier molecular flexibility index (Phi) is 5.49. The first-order valence-electron chi connectivity index (χ1n) is 6.04. The maximum Gasteiger partial charge on any atom is 0.0726 e. The van der Waals surface area contributed by atoms with Gasteiger partial charge in [-0.05, 0) is 31.7 Å². The minimum atomic E-state index is 0.430. The fourth-order valence-corrected chi connectivity index (χ4v) is 2.46. The molecular formula is C12H25NO. The molecule has 1 N–H and O–H groups in total. The topological polar surface area (TPSA) is 21.3 Å². The Morgan fingerprint density at radius 2 is 2.29 bits per heavy atom. The summed E-state index contributed by atoms with van der Waals surface area (Å²) in [6.07, 6.45) is 6.85. The van der Waals surface area contributed by atoms with E-state index in [-0.39, 0.29) is 0 Å². The van der Waals surface area contributed by atoms with Crippen molar-refractivity contribution in [3.63, 3.8) is 0 Å². The molecule has 0 aromatic heterocycles. The molecule has 1 aliphatic rings. The number of methoxy groups -OCH3 is 1. The van der Waals surface area contributed by atoms with E-state index >= 15 is 0 Å². The Labute approximate surface area is 88.4 Å². The van der Waals surface area contributed by atoms with Gasteiger partial charge in [-0.1, -0.05) is 26.7 Å². The third-order valence-corrected chi connectivity index (χ3v) is 3.27. The molecule has 0 aromatic rings. The van der Waals surface area contributed by atoms with Crippen LogP contribution in [0.5, 0.6) is 0 Å². The van der Waals surface area contributed by atoms with Crippen LogP contribution in [-0.4, -0.2) is 25.8 Å². The molecule has 0 bridgehead atoms. The smallest absolute Gasteiger partial charge is 0.0726 e. The standard InChI is InChI=1S/C12H25NO/c1-4-6-10(2)9-12(14-3)11-7-5-8-13-11/h10-13H,4-9H2,1-3H3/t10-,11?,12?/m1/s1. The van der Waals surface area contributed by atoms with E-state index in [1.807, 2.05) is 7.11 Å². The highest BCUT2D eigenvalue weighted by atomic mass is 16.5. The van der Waals surface area contributed by atoms with Crippen LogP contribution in [0.2, 0.25) is 0 Å². The van der Waals surface area contributed by atoms with Gasteiger partial charge in [-0.2, -0.15) is 0 Å². The summed E-state index contributed by atoms with van der Waals surface area (Å²) in [7, 11) is 1.85. The summed E-state index contributed by atoms with van der Waals surface area (Å²) < 4.78 is 5.59. The Morgan fingerprint density at radius 1 is 1.50 bits per heavy atom. The van der Waals surface area contributed by atoms with Gasteiger partial charge in [0.15, 0.2) is 0 Å². The van der Waals surface area contributed by atoms with Crippen LogP contribution in [0.4, 0.5) is 0 Å². The van der Waals surface area contributed by atoms with Crippen LogP contribution in [0.3, 0.4) is 0 Å². The molecule has 2 heteroatoms. The monoisotopic (exact) mass is 199 g/mol. The predicted molar refractivity (Wildman–Crippen MR) is 60.5 cm³/mol. The van der Waals surface area contributed by atoms with Crippen molar-refractivity contribution in [1.29, 1.82) is 0 Å². The fraction of sp³-hybridized carbons (Fsp3) is 1.00. The summed E-state index contributed by atoms with van der Waals surface area (Å²) in [5.74, 6) is 0.798. The lowest BCUT2D eigenvalue weighted by molar-refractivity contribution is 0.0545. The molecule has 0 radical (unpaired) electrons. The second-order valence-electron chi connectivity index (χ2n) is 4.61. The molecule has 0 amide bonds. The predicted octanol–water partition coefficient (Wildman–Crippen LogP) is 2.58. The van der Waals surface area contributed by atoms with Gasteiger partial charge in [-0.15, -0.1) is 0 Å². The van der Waals surface area contributed by atoms with E-state index in [9.17, 15) is 0 Å². The summed E-state index contributed by atoms with van der Waals surface area (Å²) in [5.41, 5.74) is 0. The van der Waals surface area contributed by atoms with Crippen LogP contribution in [-0.2, 0) is 4.74 Å². The third-order valence-electron chi connectivity index (χ3n) is 3.27. The molecule has 1 rings (SSSR count). The molecule has 2 unspecified atom stereocenters. The number of hydrogen-bond acceptors (Lipinski definition) is 2. The van der Waals surface area contributed by atoms with Crippen molar-refractivity contribution < 1.29 is 4.74 Å². The number of nitrogens with one attached hydrogen (secondary N) is 1. The molecule has 0 spiro atoms. The summed E-state index contributed by atoms with van der Waals surface area (Å²) >= 11 is 0. The van der Waals surface area contributed by atoms with Gasteiger partial charge in [0.2, 0.25) is 0 Å². The van der Waals surface area contributed by atoms with E-state index in [1.165, 1.54) is 38.6 Å². The summed E-state index contributed by atoms with van der Waals surface area (Å²) in [6, 6.07) is 0.610. The molecule has 2 nitrogen and oxygen atoms in total. The van der Waals surface area contributed by atoms with E-state index < -0.39 is 0 Å². The van der Waals surface area contributed by atoms with E-state index in [0.29, 0.717) is 12.1 Å². The van der Waals surface area contributed by atoms with Gasteiger partial charge < -0.3 is 10.1 Å². The SMILES string of the molecule is CCC[C@@H](C)CC(OC)C1CCCN1. The molecule has 14 heavy (non-hydrogen) atoms. The highest BCUT2D eigenvalue weighted by Gasteiger charge is 2.25. The summed E-state index contributed by atoms with van der Waals surface area (Å²) in [5, 5.41) is 3.53. The van der Waals surface area contributed by atoms with Crippen LogP contribution in [0, 0.1) is 5.92 Å². The van der Waals surface area contributed by atoms with Gasteiger partial charge in [-0.25, -0.2) is 0 Å². The van der Waals surface area contributed by atoms with E-state index in [4.69, 9.17) is 4.74 Å². The van der Waals surface area contributed by atoms with Crippen LogP contribution in [0.1, 0.15) is 46.0 Å². The second kappa shape index (κ2) is 6.41. The van der Waals surface area contributed by atoms with E-state index in [0.717, 1.165) is 5.92 Å². The highest BCUT2D eigenvalue weighted by molar-refractivity contribution is 4.83. The van der Waals surface area contributed by atoms with Gasteiger partial charge in [0.25, 0.3) is 0 Å². The highest BCUT2D eigenvalue weighted by Crippen LogP contribution is 2.20. The fourth-order valence-electron chi connectivity index (χ4n) is 2.46. The Hall–Kier alpha value is -0.0800. The summed E-state index contributed by atoms with van der Waals surface area (Å²) in [6.45, 7) is 5.77. The zero-order valence-electron chi connectivity index (χ0n) is 9.88. The van der Waals surface area contributed by atoms with Crippen molar-refractivity contribution >= 4 is 0 Å². The van der Waals surface area contributed by atoms with Crippen LogP contribution in [0.15, 0.2) is 0 Å². The molecular weight excluding hydrogens is 174 g/mol. The van der Waals surface area contributed by atoms with E-state index in [2.05, 4.69) is 19.2 Å². The lowest BCUT2D eigenvalue weighted by Gasteiger charge is -2.25. The lowest BCUT2D eigenvalue weighted by atomic mass is 9.94. The molecule has 0 aromatic carbocycles. The zero-order valence-corrected chi connectivity index (χ0v) is 9.88. The third kappa shape index (κ3) is 3.58. The maximum absolute atomic E-state index is 5.59. The van der Waals surface area contributed by atoms with Crippen LogP contribution in [0.25, 0.3) is 0 Å². The largest absolute Gasteiger partial charge is 0.380 e. The minimum absolute atomic E-state index is 0.430. The molecule has 1 saturated heterocycles. The maximum atomic E-state index is 5.59. The van der Waals surface area contributed by atoms with Crippen molar-refractivity contribution in [2.75, 3.05) is 13.7 Å². The van der Waals surface area contributed by atoms with Crippen LogP contribution >= 0.6 is 0 Å². The van der Waals surface area contributed by atoms with Crippen molar-refractivity contribution in [1.82, 2.24) is 5.32 Å². The van der Waals surface area contributed by atoms with Crippen molar-refractivity contribution in [3.05, 3.63) is 0 Å². The quantitative estimate of drug-likeness (QED) is 0.710. The molecule has 0 saturated carbocycles. The molecule has 84 valence electrons. The van der Waals surface area contributed by atoms with E-state index in [1.54, 1.807) is 0 Å². The molecule has 0 aliphatic carbocycles. The summed E-state index contributed by atoms with van der Waals surface area (Å²) in [4.78, 5) is 0. The number of rotatable bonds is 6. The number of ether oxygens (including phenoxy) is 1. The Morgan fingerprint density at radius 3 is 2.79 bits per heavy atom. The number of hydrogen-bond donors (Lipinski definition) is 1. The van der Waals surface area contributed by atoms with Gasteiger partial charge in [0.1, 0.15) is 0 Å². The normalized spacial score (nSPS) is 26.4. The van der Waals surface area contributed by atoms with Crippen LogP contribution < -0.4 is 5.32 Å². The first-order chi connectivity index (χ1) is 6.77. The first-order valence-corrected chi connectivity index (χ1v) is 6.04. The Bertz CT molecular complexity index is 143. The van der Waals surface area contributed by atoms with Crippen molar-refractivity contribution in [2.45, 2.75) is 58.1 Å². The van der Waals surface area contributed by atoms with Gasteiger partial charge in [0, 0.05) is 13.2 Å². The molecule has 1 fully saturated rings. The van der Waals surface area contributed by atoms with Crippen molar-refractivity contribution in [2.24, 2.45) is 5.92 Å². The van der Waals surface area contributed by atoms with Gasteiger partial charge in [0.05, 0.1) is 6.10 Å². The minimum Gasteiger partial charge on any atom is -0.380 e. The first kappa shape index (κ1) is 12.0. The second-order valence-corrected chi connectivity index (χ2v) is 4.61.